The molecule has 156 valence electrons. The molecule has 0 aliphatic heterocycles. The second-order valence-corrected chi connectivity index (χ2v) is 9.03. The number of fused-ring (bicyclic) bond motifs is 1. The van der Waals surface area contributed by atoms with Crippen LogP contribution in [0, 0.1) is 15.3 Å². The smallest absolute Gasteiger partial charge is 0.306 e. The highest BCUT2D eigenvalue weighted by Crippen LogP contribution is 2.27. The average Bonchev–Trinajstić information content (AvgIpc) is 3.15. The van der Waals surface area contributed by atoms with Crippen molar-refractivity contribution in [2.24, 2.45) is 5.92 Å². The molecule has 0 bridgehead atoms. The van der Waals surface area contributed by atoms with Gasteiger partial charge in [0, 0.05) is 27.7 Å². The van der Waals surface area contributed by atoms with E-state index in [0.717, 1.165) is 9.13 Å². The Kier molecular flexibility index (Phi) is 6.08. The summed E-state index contributed by atoms with van der Waals surface area (Å²) in [4.78, 5) is 24.2. The predicted octanol–water partition coefficient (Wildman–Crippen LogP) is 4.81. The van der Waals surface area contributed by atoms with Gasteiger partial charge < -0.3 is 15.0 Å². The van der Waals surface area contributed by atoms with Gasteiger partial charge in [-0.05, 0) is 84.2 Å². The molecule has 0 spiro atoms. The van der Waals surface area contributed by atoms with Gasteiger partial charge in [0.1, 0.15) is 5.82 Å². The topological polar surface area (TPSA) is 71.3 Å². The Balaban J connectivity index is 1.58. The zero-order chi connectivity index (χ0) is 21.3. The Bertz CT molecular complexity index is 1090. The number of aromatic nitrogens is 1. The highest BCUT2D eigenvalue weighted by molar-refractivity contribution is 14.1. The van der Waals surface area contributed by atoms with E-state index < -0.39 is 5.97 Å². The minimum Gasteiger partial charge on any atom is -0.481 e. The van der Waals surface area contributed by atoms with Crippen LogP contribution >= 0.6 is 22.6 Å². The lowest BCUT2D eigenvalue weighted by Gasteiger charge is -2.27. The van der Waals surface area contributed by atoms with Crippen molar-refractivity contribution in [3.8, 4) is 0 Å². The zero-order valence-electron chi connectivity index (χ0n) is 16.3. The maximum Gasteiger partial charge on any atom is 0.306 e. The van der Waals surface area contributed by atoms with Crippen LogP contribution < -0.4 is 5.32 Å². The largest absolute Gasteiger partial charge is 0.481 e. The predicted molar refractivity (Wildman–Crippen MR) is 121 cm³/mol. The van der Waals surface area contributed by atoms with Crippen LogP contribution in [0.2, 0.25) is 0 Å². The van der Waals surface area contributed by atoms with Crippen molar-refractivity contribution >= 4 is 45.4 Å². The third-order valence-corrected chi connectivity index (χ3v) is 6.51. The monoisotopic (exact) mass is 520 g/mol. The summed E-state index contributed by atoms with van der Waals surface area (Å²) in [6, 6.07) is 12.6. The summed E-state index contributed by atoms with van der Waals surface area (Å²) < 4.78 is 17.4. The molecule has 2 aromatic carbocycles. The van der Waals surface area contributed by atoms with E-state index >= 15 is 0 Å². The van der Waals surface area contributed by atoms with E-state index in [1.807, 2.05) is 28.8 Å². The van der Waals surface area contributed by atoms with Gasteiger partial charge in [0.15, 0.2) is 0 Å². The molecule has 1 amide bonds. The number of halogens is 2. The minimum atomic E-state index is -0.770. The molecule has 1 aromatic heterocycles. The first-order valence-electron chi connectivity index (χ1n) is 9.98. The molecule has 1 heterocycles. The van der Waals surface area contributed by atoms with Crippen LogP contribution in [-0.2, 0) is 11.3 Å². The molecular weight excluding hydrogens is 498 g/mol. The highest BCUT2D eigenvalue weighted by atomic mass is 127. The Morgan fingerprint density at radius 3 is 2.43 bits per heavy atom. The van der Waals surface area contributed by atoms with Crippen LogP contribution in [0.3, 0.4) is 0 Å². The molecule has 3 aromatic rings. The van der Waals surface area contributed by atoms with E-state index in [2.05, 4.69) is 27.9 Å². The number of nitrogens with zero attached hydrogens (tertiary/aromatic N) is 1. The summed E-state index contributed by atoms with van der Waals surface area (Å²) in [5, 5.41) is 12.6. The number of carbonyl (C=O) groups excluding carboxylic acids is 1. The Labute approximate surface area is 187 Å². The first-order valence-corrected chi connectivity index (χ1v) is 11.1. The van der Waals surface area contributed by atoms with E-state index in [0.29, 0.717) is 48.7 Å². The molecule has 5 nitrogen and oxygen atoms in total. The maximum atomic E-state index is 14.4. The molecule has 0 unspecified atom stereocenters. The number of rotatable bonds is 5. The summed E-state index contributed by atoms with van der Waals surface area (Å²) >= 11 is 2.25. The summed E-state index contributed by atoms with van der Waals surface area (Å²) in [6.45, 7) is 0.536. The zero-order valence-corrected chi connectivity index (χ0v) is 18.4. The second kappa shape index (κ2) is 8.75. The van der Waals surface area contributed by atoms with Gasteiger partial charge in [-0.1, -0.05) is 12.1 Å². The standard InChI is InChI=1S/C23H22FIN2O3/c24-20-10-9-19(22(28)26-17-7-3-15(4-8-17)23(29)30)21-18(20)11-12-27(21)13-14-1-5-16(25)6-2-14/h1-2,5-6,9-12,15,17H,3-4,7-8,13H2,(H,26,28)(H,29,30). The minimum absolute atomic E-state index is 0.0622. The van der Waals surface area contributed by atoms with E-state index in [-0.39, 0.29) is 23.7 Å². The molecule has 1 saturated carbocycles. The Morgan fingerprint density at radius 2 is 1.77 bits per heavy atom. The third-order valence-electron chi connectivity index (χ3n) is 5.79. The number of carbonyl (C=O) groups is 2. The molecule has 7 heteroatoms. The normalized spacial score (nSPS) is 19.0. The first kappa shape index (κ1) is 20.8. The quantitative estimate of drug-likeness (QED) is 0.475. The van der Waals surface area contributed by atoms with Crippen molar-refractivity contribution in [1.29, 1.82) is 0 Å². The van der Waals surface area contributed by atoms with Gasteiger partial charge in [-0.15, -0.1) is 0 Å². The maximum absolute atomic E-state index is 14.4. The van der Waals surface area contributed by atoms with Crippen LogP contribution in [-0.4, -0.2) is 27.6 Å². The molecule has 4 rings (SSSR count). The highest BCUT2D eigenvalue weighted by Gasteiger charge is 2.27. The Morgan fingerprint density at radius 1 is 1.07 bits per heavy atom. The fraction of sp³-hybridized carbons (Fsp3) is 0.304. The molecule has 0 atom stereocenters. The fourth-order valence-electron chi connectivity index (χ4n) is 4.14. The van der Waals surface area contributed by atoms with Crippen molar-refractivity contribution < 1.29 is 19.1 Å². The van der Waals surface area contributed by atoms with Crippen LogP contribution in [0.4, 0.5) is 4.39 Å². The number of aliphatic carboxylic acids is 1. The van der Waals surface area contributed by atoms with Gasteiger partial charge in [0.25, 0.3) is 5.91 Å². The third kappa shape index (κ3) is 4.35. The fourth-order valence-corrected chi connectivity index (χ4v) is 4.50. The lowest BCUT2D eigenvalue weighted by Crippen LogP contribution is -2.38. The number of carboxylic acids is 1. The first-order chi connectivity index (χ1) is 14.4. The van der Waals surface area contributed by atoms with Crippen molar-refractivity contribution in [3.05, 3.63) is 69.2 Å². The van der Waals surface area contributed by atoms with E-state index in [4.69, 9.17) is 5.11 Å². The summed E-state index contributed by atoms with van der Waals surface area (Å²) in [5.41, 5.74) is 2.07. The van der Waals surface area contributed by atoms with Crippen molar-refractivity contribution in [1.82, 2.24) is 9.88 Å². The number of carboxylic acid groups (broad SMARTS) is 1. The lowest BCUT2D eigenvalue weighted by molar-refractivity contribution is -0.142. The SMILES string of the molecule is O=C(NC1CCC(C(=O)O)CC1)c1ccc(F)c2ccn(Cc3ccc(I)cc3)c12. The van der Waals surface area contributed by atoms with E-state index in [9.17, 15) is 14.0 Å². The molecule has 0 saturated heterocycles. The average molecular weight is 520 g/mol. The molecule has 0 radical (unpaired) electrons. The number of hydrogen-bond donors (Lipinski definition) is 2. The molecule has 2 N–H and O–H groups in total. The molecule has 1 fully saturated rings. The summed E-state index contributed by atoms with van der Waals surface area (Å²) in [5.74, 6) is -1.71. The van der Waals surface area contributed by atoms with Gasteiger partial charge in [-0.2, -0.15) is 0 Å². The van der Waals surface area contributed by atoms with E-state index in [1.54, 1.807) is 12.3 Å². The van der Waals surface area contributed by atoms with Crippen molar-refractivity contribution in [3.63, 3.8) is 0 Å². The second-order valence-electron chi connectivity index (χ2n) is 7.79. The van der Waals surface area contributed by atoms with Crippen LogP contribution in [0.1, 0.15) is 41.6 Å². The molecule has 1 aliphatic carbocycles. The number of benzene rings is 2. The molecule has 1 aliphatic rings. The van der Waals surface area contributed by atoms with Gasteiger partial charge >= 0.3 is 5.97 Å². The van der Waals surface area contributed by atoms with Crippen LogP contribution in [0.15, 0.2) is 48.7 Å². The Hall–Kier alpha value is -2.42. The summed E-state index contributed by atoms with van der Waals surface area (Å²) in [6.07, 6.45) is 4.19. The van der Waals surface area contributed by atoms with Crippen molar-refractivity contribution in [2.45, 2.75) is 38.3 Å². The van der Waals surface area contributed by atoms with Gasteiger partial charge in [0.2, 0.25) is 0 Å². The van der Waals surface area contributed by atoms with Crippen LogP contribution in [0.5, 0.6) is 0 Å². The van der Waals surface area contributed by atoms with Crippen molar-refractivity contribution in [2.75, 3.05) is 0 Å². The lowest BCUT2D eigenvalue weighted by atomic mass is 9.86. The molecule has 30 heavy (non-hydrogen) atoms. The number of amides is 1. The van der Waals surface area contributed by atoms with Gasteiger partial charge in [-0.25, -0.2) is 4.39 Å². The molecular formula is C23H22FIN2O3. The summed E-state index contributed by atoms with van der Waals surface area (Å²) in [7, 11) is 0. The van der Waals surface area contributed by atoms with Gasteiger partial charge in [-0.3, -0.25) is 9.59 Å². The number of hydrogen-bond acceptors (Lipinski definition) is 2. The van der Waals surface area contributed by atoms with Gasteiger partial charge in [0.05, 0.1) is 17.0 Å². The number of nitrogens with one attached hydrogen (secondary N) is 1. The van der Waals surface area contributed by atoms with E-state index in [1.165, 1.54) is 12.1 Å². The van der Waals surface area contributed by atoms with Crippen LogP contribution in [0.25, 0.3) is 10.9 Å².